The molecule has 0 aliphatic heterocycles. The Balaban J connectivity index is 2.01. The summed E-state index contributed by atoms with van der Waals surface area (Å²) in [7, 11) is 0. The van der Waals surface area contributed by atoms with Crippen LogP contribution >= 0.6 is 0 Å². The molecule has 0 fully saturated rings. The molecule has 0 spiro atoms. The molecule has 0 radical (unpaired) electrons. The lowest BCUT2D eigenvalue weighted by molar-refractivity contribution is -0.253. The average Bonchev–Trinajstić information content (AvgIpc) is 2.96. The lowest BCUT2D eigenvalue weighted by Crippen LogP contribution is -2.49. The van der Waals surface area contributed by atoms with E-state index in [-0.39, 0.29) is 11.6 Å². The van der Waals surface area contributed by atoms with E-state index in [9.17, 15) is 54.0 Å². The Morgan fingerprint density at radius 3 is 2.11 bits per heavy atom. The van der Waals surface area contributed by atoms with Crippen LogP contribution in [0.4, 0.5) is 43.9 Å². The van der Waals surface area contributed by atoms with E-state index in [2.05, 4.69) is 10.1 Å². The highest BCUT2D eigenvalue weighted by Crippen LogP contribution is 2.39. The predicted molar refractivity (Wildman–Crippen MR) is 139 cm³/mol. The summed E-state index contributed by atoms with van der Waals surface area (Å²) >= 11 is 0. The number of carbonyl (C=O) groups is 1. The van der Waals surface area contributed by atoms with Gasteiger partial charge in [-0.3, -0.25) is 4.79 Å². The smallest absolute Gasteiger partial charge is 0.428 e. The Hall–Kier alpha value is -5.06. The van der Waals surface area contributed by atoms with Gasteiger partial charge in [0.25, 0.3) is 5.91 Å². The van der Waals surface area contributed by atoms with Gasteiger partial charge in [0, 0.05) is 18.1 Å². The van der Waals surface area contributed by atoms with E-state index < -0.39 is 82.0 Å². The van der Waals surface area contributed by atoms with Gasteiger partial charge in [0.2, 0.25) is 0 Å². The zero-order chi connectivity index (χ0) is 33.2. The first kappa shape index (κ1) is 32.8. The topological polar surface area (TPSA) is 62.1 Å². The molecular formula is C31H18F10N2O2. The number of amides is 1. The highest BCUT2D eigenvalue weighted by molar-refractivity contribution is 5.95. The standard InChI is InChI=1S/C31H18F10N2O2/c32-22-12-21(13-23(14-22)45-31(40,41)28(35)36)29(15-17-4-2-1-3-5-17,20-7-9-25(33)19(10-20)16-42)43-27(44)18-6-8-26(34)24(11-18)30(37,38)39/h1-14,28H,15H2,(H,43,44)/t29-/m0/s1. The number of rotatable bonds is 9. The molecule has 0 saturated carbocycles. The molecule has 234 valence electrons. The summed E-state index contributed by atoms with van der Waals surface area (Å²) in [5.41, 5.74) is -5.72. The second-order valence-corrected chi connectivity index (χ2v) is 9.66. The zero-order valence-corrected chi connectivity index (χ0v) is 22.4. The first-order chi connectivity index (χ1) is 21.1. The van der Waals surface area contributed by atoms with Gasteiger partial charge in [-0.2, -0.15) is 36.0 Å². The molecule has 45 heavy (non-hydrogen) atoms. The molecule has 4 nitrogen and oxygen atoms in total. The van der Waals surface area contributed by atoms with Gasteiger partial charge in [-0.05, 0) is 59.2 Å². The number of nitrogens with zero attached hydrogens (tertiary/aromatic N) is 1. The second kappa shape index (κ2) is 12.5. The van der Waals surface area contributed by atoms with Crippen molar-refractivity contribution in [2.24, 2.45) is 0 Å². The lowest BCUT2D eigenvalue weighted by Gasteiger charge is -2.37. The normalized spacial score (nSPS) is 13.2. The van der Waals surface area contributed by atoms with Gasteiger partial charge < -0.3 is 10.1 Å². The monoisotopic (exact) mass is 640 g/mol. The van der Waals surface area contributed by atoms with Crippen LogP contribution in [0.1, 0.15) is 38.2 Å². The van der Waals surface area contributed by atoms with Crippen molar-refractivity contribution in [2.45, 2.75) is 30.7 Å². The number of ether oxygens (including phenoxy) is 1. The van der Waals surface area contributed by atoms with E-state index in [1.54, 1.807) is 12.1 Å². The van der Waals surface area contributed by atoms with Crippen LogP contribution in [0.2, 0.25) is 0 Å². The fourth-order valence-corrected chi connectivity index (χ4v) is 4.56. The third-order valence-electron chi connectivity index (χ3n) is 6.62. The molecule has 1 atom stereocenters. The fraction of sp³-hybridized carbons (Fsp3) is 0.161. The molecular weight excluding hydrogens is 622 g/mol. The fourth-order valence-electron chi connectivity index (χ4n) is 4.56. The van der Waals surface area contributed by atoms with Crippen LogP contribution in [-0.2, 0) is 18.1 Å². The van der Waals surface area contributed by atoms with E-state index in [1.807, 2.05) is 0 Å². The van der Waals surface area contributed by atoms with Crippen molar-refractivity contribution in [3.8, 4) is 11.8 Å². The van der Waals surface area contributed by atoms with Crippen LogP contribution < -0.4 is 10.1 Å². The molecule has 0 aliphatic rings. The Kier molecular flexibility index (Phi) is 9.13. The van der Waals surface area contributed by atoms with Crippen LogP contribution in [0.5, 0.6) is 5.75 Å². The van der Waals surface area contributed by atoms with Gasteiger partial charge in [0.05, 0.1) is 16.7 Å². The van der Waals surface area contributed by atoms with Gasteiger partial charge >= 0.3 is 18.7 Å². The number of halogens is 10. The highest BCUT2D eigenvalue weighted by atomic mass is 19.4. The van der Waals surface area contributed by atoms with E-state index in [4.69, 9.17) is 0 Å². The second-order valence-electron chi connectivity index (χ2n) is 9.66. The SMILES string of the molecule is N#Cc1cc([C@](Cc2ccccc2)(NC(=O)c2ccc(F)c(C(F)(F)F)c2)c2cc(F)cc(OC(F)(F)C(F)F)c2)ccc1F. The molecule has 0 aliphatic carbocycles. The molecule has 4 rings (SSSR count). The summed E-state index contributed by atoms with van der Waals surface area (Å²) in [5.74, 6) is -6.52. The van der Waals surface area contributed by atoms with Crippen molar-refractivity contribution in [3.05, 3.63) is 136 Å². The van der Waals surface area contributed by atoms with Gasteiger partial charge in [-0.25, -0.2) is 13.2 Å². The number of benzene rings is 4. The molecule has 0 aromatic heterocycles. The number of nitrogens with one attached hydrogen (secondary N) is 1. The number of carbonyl (C=O) groups excluding carboxylic acids is 1. The summed E-state index contributed by atoms with van der Waals surface area (Å²) < 4.78 is 141. The molecule has 4 aromatic carbocycles. The molecule has 1 N–H and O–H groups in total. The summed E-state index contributed by atoms with van der Waals surface area (Å²) in [6, 6.07) is 15.0. The number of nitriles is 1. The third-order valence-corrected chi connectivity index (χ3v) is 6.62. The van der Waals surface area contributed by atoms with Gasteiger partial charge in [0.1, 0.15) is 29.3 Å². The number of hydrogen-bond donors (Lipinski definition) is 1. The first-order valence-electron chi connectivity index (χ1n) is 12.6. The average molecular weight is 640 g/mol. The Morgan fingerprint density at radius 2 is 1.49 bits per heavy atom. The van der Waals surface area contributed by atoms with Crippen LogP contribution in [-0.4, -0.2) is 18.4 Å². The summed E-state index contributed by atoms with van der Waals surface area (Å²) in [6.07, 6.45) is -15.1. The van der Waals surface area contributed by atoms with Crippen molar-refractivity contribution in [3.63, 3.8) is 0 Å². The Morgan fingerprint density at radius 1 is 0.822 bits per heavy atom. The predicted octanol–water partition coefficient (Wildman–Crippen LogP) is 8.15. The molecule has 0 bridgehead atoms. The van der Waals surface area contributed by atoms with Gasteiger partial charge in [-0.15, -0.1) is 0 Å². The van der Waals surface area contributed by atoms with Gasteiger partial charge in [-0.1, -0.05) is 36.4 Å². The van der Waals surface area contributed by atoms with Crippen molar-refractivity contribution in [1.29, 1.82) is 5.26 Å². The maximum Gasteiger partial charge on any atom is 0.461 e. The zero-order valence-electron chi connectivity index (χ0n) is 22.4. The van der Waals surface area contributed by atoms with Crippen LogP contribution in [0, 0.1) is 28.8 Å². The summed E-state index contributed by atoms with van der Waals surface area (Å²) in [5, 5.41) is 11.9. The molecule has 0 unspecified atom stereocenters. The number of hydrogen-bond acceptors (Lipinski definition) is 3. The molecule has 0 saturated heterocycles. The van der Waals surface area contributed by atoms with Crippen molar-refractivity contribution >= 4 is 5.91 Å². The van der Waals surface area contributed by atoms with E-state index in [1.165, 1.54) is 24.3 Å². The minimum absolute atomic E-state index is 0.201. The molecule has 14 heteroatoms. The van der Waals surface area contributed by atoms with Gasteiger partial charge in [0.15, 0.2) is 0 Å². The third kappa shape index (κ3) is 7.19. The van der Waals surface area contributed by atoms with Crippen molar-refractivity contribution in [1.82, 2.24) is 5.32 Å². The van der Waals surface area contributed by atoms with Crippen LogP contribution in [0.15, 0.2) is 84.9 Å². The van der Waals surface area contributed by atoms with Crippen molar-refractivity contribution in [2.75, 3.05) is 0 Å². The van der Waals surface area contributed by atoms with E-state index in [0.717, 1.165) is 18.2 Å². The highest BCUT2D eigenvalue weighted by Gasteiger charge is 2.45. The Labute approximate surface area is 248 Å². The maximum absolute atomic E-state index is 15.0. The minimum Gasteiger partial charge on any atom is -0.428 e. The van der Waals surface area contributed by atoms with Crippen LogP contribution in [0.25, 0.3) is 0 Å². The van der Waals surface area contributed by atoms with Crippen molar-refractivity contribution < 1.29 is 53.4 Å². The first-order valence-corrected chi connectivity index (χ1v) is 12.6. The molecule has 4 aromatic rings. The lowest BCUT2D eigenvalue weighted by atomic mass is 9.77. The van der Waals surface area contributed by atoms with E-state index >= 15 is 0 Å². The van der Waals surface area contributed by atoms with E-state index in [0.29, 0.717) is 35.9 Å². The Bertz CT molecular complexity index is 1750. The van der Waals surface area contributed by atoms with Crippen LogP contribution in [0.3, 0.4) is 0 Å². The minimum atomic E-state index is -5.22. The molecule has 0 heterocycles. The largest absolute Gasteiger partial charge is 0.461 e. The number of alkyl halides is 7. The quantitative estimate of drug-likeness (QED) is 0.188. The molecule has 1 amide bonds. The summed E-state index contributed by atoms with van der Waals surface area (Å²) in [6.45, 7) is 0. The maximum atomic E-state index is 15.0. The summed E-state index contributed by atoms with van der Waals surface area (Å²) in [4.78, 5) is 13.6.